The number of nitro benzene ring substituents is 1. The van der Waals surface area contributed by atoms with E-state index in [0.29, 0.717) is 0 Å². The Bertz CT molecular complexity index is 902. The molecular weight excluding hydrogens is 366 g/mol. The predicted molar refractivity (Wildman–Crippen MR) is 100 cm³/mol. The third kappa shape index (κ3) is 4.09. The molecule has 9 heteroatoms. The molecule has 0 aromatic heterocycles. The van der Waals surface area contributed by atoms with E-state index >= 15 is 0 Å². The maximum Gasteiger partial charge on any atom is 0.414 e. The van der Waals surface area contributed by atoms with Crippen molar-refractivity contribution >= 4 is 23.3 Å². The summed E-state index contributed by atoms with van der Waals surface area (Å²) in [5.41, 5.74) is 6.59. The summed E-state index contributed by atoms with van der Waals surface area (Å²) in [6.07, 6.45) is -1.52. The van der Waals surface area contributed by atoms with Crippen molar-refractivity contribution in [1.29, 1.82) is 0 Å². The maximum absolute atomic E-state index is 12.1. The molecule has 1 aliphatic rings. The zero-order valence-corrected chi connectivity index (χ0v) is 15.1. The highest BCUT2D eigenvalue weighted by Crippen LogP contribution is 2.34. The molecule has 0 radical (unpaired) electrons. The maximum atomic E-state index is 12.1. The lowest BCUT2D eigenvalue weighted by Crippen LogP contribution is -2.43. The molecule has 2 aromatic carbocycles. The summed E-state index contributed by atoms with van der Waals surface area (Å²) in [6.45, 7) is 1.51. The molecule has 0 bridgehead atoms. The number of anilines is 1. The molecule has 9 nitrogen and oxygen atoms in total. The number of nitrogens with two attached hydrogens (primary N) is 1. The molecular formula is C19H19N3O6. The summed E-state index contributed by atoms with van der Waals surface area (Å²) >= 11 is 0. The van der Waals surface area contributed by atoms with Gasteiger partial charge in [-0.1, -0.05) is 30.3 Å². The summed E-state index contributed by atoms with van der Waals surface area (Å²) in [4.78, 5) is 35.6. The quantitative estimate of drug-likeness (QED) is 0.573. The number of cyclic esters (lactones) is 1. The van der Waals surface area contributed by atoms with Crippen molar-refractivity contribution in [3.05, 3.63) is 64.2 Å². The molecule has 1 unspecified atom stereocenters. The number of carbonyl (C=O) groups is 2. The molecule has 1 heterocycles. The van der Waals surface area contributed by atoms with Crippen molar-refractivity contribution in [3.8, 4) is 5.75 Å². The van der Waals surface area contributed by atoms with Crippen molar-refractivity contribution in [2.24, 2.45) is 5.73 Å². The Morgan fingerprint density at radius 1 is 1.36 bits per heavy atom. The number of benzene rings is 2. The van der Waals surface area contributed by atoms with Crippen LogP contribution in [0.25, 0.3) is 0 Å². The normalized spacial score (nSPS) is 17.1. The lowest BCUT2D eigenvalue weighted by molar-refractivity contribution is -0.385. The van der Waals surface area contributed by atoms with Crippen LogP contribution in [0.3, 0.4) is 0 Å². The van der Waals surface area contributed by atoms with Crippen LogP contribution in [0.5, 0.6) is 5.75 Å². The Morgan fingerprint density at radius 3 is 2.71 bits per heavy atom. The van der Waals surface area contributed by atoms with Crippen LogP contribution in [0.15, 0.2) is 48.5 Å². The van der Waals surface area contributed by atoms with E-state index in [1.807, 2.05) is 30.3 Å². The van der Waals surface area contributed by atoms with Crippen LogP contribution >= 0.6 is 0 Å². The van der Waals surface area contributed by atoms with Gasteiger partial charge in [0.25, 0.3) is 0 Å². The first kappa shape index (κ1) is 19.3. The summed E-state index contributed by atoms with van der Waals surface area (Å²) in [6, 6.07) is 12.5. The SMILES string of the molecule is CC(=O)C(N)[C@@H]1CN(c2ccc(OCc3ccccc3)c([N+](=O)[O-])c2)C(=O)O1. The third-order valence-electron chi connectivity index (χ3n) is 4.39. The van der Waals surface area contributed by atoms with Gasteiger partial charge in [0.05, 0.1) is 17.2 Å². The van der Waals surface area contributed by atoms with Gasteiger partial charge >= 0.3 is 11.8 Å². The van der Waals surface area contributed by atoms with Crippen LogP contribution in [0.4, 0.5) is 16.2 Å². The van der Waals surface area contributed by atoms with Gasteiger partial charge < -0.3 is 15.2 Å². The highest BCUT2D eigenvalue weighted by Gasteiger charge is 2.38. The minimum absolute atomic E-state index is 0.0287. The van der Waals surface area contributed by atoms with Gasteiger partial charge in [-0.05, 0) is 24.6 Å². The molecule has 1 saturated heterocycles. The lowest BCUT2D eigenvalue weighted by Gasteiger charge is -2.15. The molecule has 0 aliphatic carbocycles. The van der Waals surface area contributed by atoms with E-state index in [1.165, 1.54) is 30.0 Å². The number of nitro groups is 1. The molecule has 0 saturated carbocycles. The molecule has 1 fully saturated rings. The third-order valence-corrected chi connectivity index (χ3v) is 4.39. The van der Waals surface area contributed by atoms with Gasteiger partial charge in [0, 0.05) is 6.07 Å². The second-order valence-corrected chi connectivity index (χ2v) is 6.35. The van der Waals surface area contributed by atoms with Gasteiger partial charge in [0.15, 0.2) is 5.75 Å². The minimum atomic E-state index is -0.947. The molecule has 2 aromatic rings. The van der Waals surface area contributed by atoms with Crippen LogP contribution in [0.1, 0.15) is 12.5 Å². The molecule has 3 rings (SSSR count). The van der Waals surface area contributed by atoms with Crippen LogP contribution < -0.4 is 15.4 Å². The highest BCUT2D eigenvalue weighted by molar-refractivity contribution is 5.92. The Hall–Kier alpha value is -3.46. The minimum Gasteiger partial charge on any atom is -0.482 e. The van der Waals surface area contributed by atoms with Crippen molar-refractivity contribution in [2.75, 3.05) is 11.4 Å². The summed E-state index contributed by atoms with van der Waals surface area (Å²) in [7, 11) is 0. The summed E-state index contributed by atoms with van der Waals surface area (Å²) in [5, 5.41) is 11.5. The fourth-order valence-corrected chi connectivity index (χ4v) is 2.82. The number of carbonyl (C=O) groups excluding carboxylic acids is 2. The fourth-order valence-electron chi connectivity index (χ4n) is 2.82. The largest absolute Gasteiger partial charge is 0.482 e. The summed E-state index contributed by atoms with van der Waals surface area (Å²) in [5.74, 6) is -0.225. The van der Waals surface area contributed by atoms with Gasteiger partial charge in [-0.2, -0.15) is 0 Å². The number of rotatable bonds is 7. The van der Waals surface area contributed by atoms with Gasteiger partial charge in [-0.15, -0.1) is 0 Å². The number of hydrogen-bond acceptors (Lipinski definition) is 7. The van der Waals surface area contributed by atoms with E-state index in [-0.39, 0.29) is 36.1 Å². The van der Waals surface area contributed by atoms with E-state index < -0.39 is 23.2 Å². The van der Waals surface area contributed by atoms with Crippen molar-refractivity contribution < 1.29 is 24.0 Å². The smallest absolute Gasteiger partial charge is 0.414 e. The Kier molecular flexibility index (Phi) is 5.55. The van der Waals surface area contributed by atoms with Crippen LogP contribution in [0, 0.1) is 10.1 Å². The van der Waals surface area contributed by atoms with Gasteiger partial charge in [0.1, 0.15) is 24.5 Å². The molecule has 2 atom stereocenters. The van der Waals surface area contributed by atoms with Crippen molar-refractivity contribution in [3.63, 3.8) is 0 Å². The Morgan fingerprint density at radius 2 is 2.07 bits per heavy atom. The average Bonchev–Trinajstić information content (AvgIpc) is 3.07. The van der Waals surface area contributed by atoms with E-state index in [2.05, 4.69) is 0 Å². The first-order valence-electron chi connectivity index (χ1n) is 8.56. The lowest BCUT2D eigenvalue weighted by atomic mass is 10.1. The van der Waals surface area contributed by atoms with Crippen molar-refractivity contribution in [2.45, 2.75) is 25.7 Å². The van der Waals surface area contributed by atoms with Gasteiger partial charge in [-0.25, -0.2) is 4.79 Å². The first-order chi connectivity index (χ1) is 13.4. The number of Topliss-reactive ketones (excluding diaryl/α,β-unsaturated/α-hetero) is 1. The van der Waals surface area contributed by atoms with Crippen LogP contribution in [0.2, 0.25) is 0 Å². The second-order valence-electron chi connectivity index (χ2n) is 6.35. The number of ether oxygens (including phenoxy) is 2. The molecule has 28 heavy (non-hydrogen) atoms. The van der Waals surface area contributed by atoms with Crippen LogP contribution in [-0.2, 0) is 16.1 Å². The molecule has 0 spiro atoms. The zero-order valence-electron chi connectivity index (χ0n) is 15.1. The molecule has 1 aliphatic heterocycles. The molecule has 1 amide bonds. The first-order valence-corrected chi connectivity index (χ1v) is 8.56. The predicted octanol–water partition coefficient (Wildman–Crippen LogP) is 2.42. The number of hydrogen-bond donors (Lipinski definition) is 1. The van der Waals surface area contributed by atoms with Gasteiger partial charge in [-0.3, -0.25) is 19.8 Å². The second kappa shape index (κ2) is 8.05. The van der Waals surface area contributed by atoms with E-state index in [1.54, 1.807) is 0 Å². The number of nitrogens with zero attached hydrogens (tertiary/aromatic N) is 2. The standard InChI is InChI=1S/C19H19N3O6/c1-12(23)18(20)17-10-21(19(24)28-17)14-7-8-16(15(9-14)22(25)26)27-11-13-5-3-2-4-6-13/h2-9,17-18H,10-11,20H2,1H3/t17-,18?/m0/s1. The van der Waals surface area contributed by atoms with E-state index in [0.717, 1.165) is 5.56 Å². The Balaban J connectivity index is 1.80. The van der Waals surface area contributed by atoms with E-state index in [9.17, 15) is 19.7 Å². The van der Waals surface area contributed by atoms with Crippen molar-refractivity contribution in [1.82, 2.24) is 0 Å². The number of ketones is 1. The summed E-state index contributed by atoms with van der Waals surface area (Å²) < 4.78 is 10.7. The van der Waals surface area contributed by atoms with Gasteiger partial charge in [0.2, 0.25) is 0 Å². The molecule has 146 valence electrons. The zero-order chi connectivity index (χ0) is 20.3. The topological polar surface area (TPSA) is 125 Å². The monoisotopic (exact) mass is 385 g/mol. The fraction of sp³-hybridized carbons (Fsp3) is 0.263. The average molecular weight is 385 g/mol. The highest BCUT2D eigenvalue weighted by atomic mass is 16.6. The number of amides is 1. The van der Waals surface area contributed by atoms with Crippen LogP contribution in [-0.4, -0.2) is 35.5 Å². The Labute approximate surface area is 160 Å². The van der Waals surface area contributed by atoms with E-state index in [4.69, 9.17) is 15.2 Å². The molecule has 2 N–H and O–H groups in total.